The molecule has 1 aromatic heterocycles. The van der Waals surface area contributed by atoms with E-state index in [2.05, 4.69) is 15.4 Å². The number of hydrogen-bond acceptors (Lipinski definition) is 4. The fourth-order valence-corrected chi connectivity index (χ4v) is 2.54. The number of Topliss-reactive ketones (excluding diaryl/α,β-unsaturated/α-hetero) is 1. The number of fused-ring (bicyclic) bond motifs is 1. The van der Waals surface area contributed by atoms with Gasteiger partial charge in [0.05, 0.1) is 6.42 Å². The van der Waals surface area contributed by atoms with Crippen molar-refractivity contribution >= 4 is 11.5 Å². The highest BCUT2D eigenvalue weighted by molar-refractivity contribution is 5.98. The van der Waals surface area contributed by atoms with E-state index in [0.29, 0.717) is 0 Å². The van der Waals surface area contributed by atoms with Gasteiger partial charge in [0.15, 0.2) is 5.78 Å². The third kappa shape index (κ3) is 2.31. The van der Waals surface area contributed by atoms with Gasteiger partial charge in [0.25, 0.3) is 0 Å². The molecule has 0 aliphatic carbocycles. The zero-order valence-electron chi connectivity index (χ0n) is 11.8. The molecular weight excluding hydrogens is 252 g/mol. The highest BCUT2D eigenvalue weighted by Crippen LogP contribution is 2.23. The first-order chi connectivity index (χ1) is 9.65. The van der Waals surface area contributed by atoms with Gasteiger partial charge < -0.3 is 5.32 Å². The second-order valence-electron chi connectivity index (χ2n) is 5.36. The first-order valence-electron chi connectivity index (χ1n) is 6.93. The van der Waals surface area contributed by atoms with E-state index in [0.717, 1.165) is 30.0 Å². The molecule has 5 heteroatoms. The van der Waals surface area contributed by atoms with Gasteiger partial charge >= 0.3 is 0 Å². The number of benzene rings is 1. The molecule has 1 aliphatic rings. The van der Waals surface area contributed by atoms with Crippen molar-refractivity contribution in [2.24, 2.45) is 0 Å². The number of anilines is 1. The highest BCUT2D eigenvalue weighted by atomic mass is 16.1. The van der Waals surface area contributed by atoms with E-state index in [9.17, 15) is 4.79 Å². The molecule has 0 saturated carbocycles. The molecule has 3 rings (SSSR count). The summed E-state index contributed by atoms with van der Waals surface area (Å²) in [5.74, 6) is 0.801. The molecule has 0 unspecified atom stereocenters. The van der Waals surface area contributed by atoms with E-state index < -0.39 is 0 Å². The lowest BCUT2D eigenvalue weighted by atomic mass is 10.0. The third-order valence-electron chi connectivity index (χ3n) is 3.60. The van der Waals surface area contributed by atoms with Gasteiger partial charge in [-0.2, -0.15) is 5.10 Å². The van der Waals surface area contributed by atoms with Crippen LogP contribution in [0.15, 0.2) is 24.5 Å². The van der Waals surface area contributed by atoms with Gasteiger partial charge in [-0.15, -0.1) is 0 Å². The number of aromatic nitrogens is 3. The van der Waals surface area contributed by atoms with Gasteiger partial charge in [-0.25, -0.2) is 9.67 Å². The maximum Gasteiger partial charge on any atom is 0.170 e. The fourth-order valence-electron chi connectivity index (χ4n) is 2.54. The summed E-state index contributed by atoms with van der Waals surface area (Å²) in [6.45, 7) is 5.01. The molecular formula is C15H18N4O. The fraction of sp³-hybridized carbons (Fsp3) is 0.400. The molecule has 104 valence electrons. The molecule has 1 aliphatic heterocycles. The van der Waals surface area contributed by atoms with Gasteiger partial charge in [-0.3, -0.25) is 4.79 Å². The Hall–Kier alpha value is -2.17. The van der Waals surface area contributed by atoms with Crippen molar-refractivity contribution in [1.82, 2.24) is 14.8 Å². The number of carbonyl (C=O) groups is 1. The van der Waals surface area contributed by atoms with Crippen molar-refractivity contribution in [3.63, 3.8) is 0 Å². The van der Waals surface area contributed by atoms with Crippen LogP contribution in [0.2, 0.25) is 0 Å². The first-order valence-corrected chi connectivity index (χ1v) is 6.93. The lowest BCUT2D eigenvalue weighted by molar-refractivity contribution is 0.0989. The quantitative estimate of drug-likeness (QED) is 0.866. The predicted molar refractivity (Wildman–Crippen MR) is 77.1 cm³/mol. The average Bonchev–Trinajstić information content (AvgIpc) is 3.05. The van der Waals surface area contributed by atoms with Crippen LogP contribution in [0.25, 0.3) is 0 Å². The monoisotopic (exact) mass is 270 g/mol. The van der Waals surface area contributed by atoms with Crippen molar-refractivity contribution in [2.45, 2.75) is 32.7 Å². The summed E-state index contributed by atoms with van der Waals surface area (Å²) in [5, 5.41) is 7.46. The van der Waals surface area contributed by atoms with Gasteiger partial charge in [0.1, 0.15) is 12.2 Å². The zero-order chi connectivity index (χ0) is 14.1. The number of ketones is 1. The van der Waals surface area contributed by atoms with E-state index in [1.165, 1.54) is 11.9 Å². The van der Waals surface area contributed by atoms with Crippen LogP contribution < -0.4 is 5.32 Å². The van der Waals surface area contributed by atoms with Crippen molar-refractivity contribution < 1.29 is 4.79 Å². The highest BCUT2D eigenvalue weighted by Gasteiger charge is 2.16. The minimum absolute atomic E-state index is 0.0800. The topological polar surface area (TPSA) is 59.8 Å². The van der Waals surface area contributed by atoms with Crippen LogP contribution in [-0.4, -0.2) is 27.1 Å². The molecule has 1 N–H and O–H groups in total. The standard InChI is InChI=1S/C15H18N4O/c1-10(2)19-15(17-9-18-19)8-14(20)12-4-3-11-5-6-16-13(11)7-12/h3-4,7,9-10,16H,5-6,8H2,1-2H3. The molecule has 0 bridgehead atoms. The minimum Gasteiger partial charge on any atom is -0.384 e. The molecule has 2 heterocycles. The van der Waals surface area contributed by atoms with Crippen LogP contribution in [0.3, 0.4) is 0 Å². The summed E-state index contributed by atoms with van der Waals surface area (Å²) >= 11 is 0. The second kappa shape index (κ2) is 5.07. The van der Waals surface area contributed by atoms with Gasteiger partial charge in [-0.1, -0.05) is 12.1 Å². The molecule has 0 amide bonds. The number of nitrogens with one attached hydrogen (secondary N) is 1. The van der Waals surface area contributed by atoms with E-state index in [4.69, 9.17) is 0 Å². The molecule has 0 atom stereocenters. The van der Waals surface area contributed by atoms with Gasteiger partial charge in [0, 0.05) is 23.8 Å². The summed E-state index contributed by atoms with van der Waals surface area (Å²) in [6.07, 6.45) is 2.83. The van der Waals surface area contributed by atoms with Crippen molar-refractivity contribution in [3.05, 3.63) is 41.5 Å². The third-order valence-corrected chi connectivity index (χ3v) is 3.60. The summed E-state index contributed by atoms with van der Waals surface area (Å²) in [7, 11) is 0. The van der Waals surface area contributed by atoms with E-state index >= 15 is 0 Å². The van der Waals surface area contributed by atoms with Crippen LogP contribution in [-0.2, 0) is 12.8 Å². The van der Waals surface area contributed by atoms with E-state index in [1.807, 2.05) is 32.0 Å². The Kier molecular flexibility index (Phi) is 3.26. The minimum atomic E-state index is 0.0800. The molecule has 0 fully saturated rings. The number of hydrogen-bond donors (Lipinski definition) is 1. The molecule has 2 aromatic rings. The van der Waals surface area contributed by atoms with Crippen molar-refractivity contribution in [2.75, 3.05) is 11.9 Å². The Morgan fingerprint density at radius 3 is 3.10 bits per heavy atom. The Morgan fingerprint density at radius 1 is 1.45 bits per heavy atom. The predicted octanol–water partition coefficient (Wildman–Crippen LogP) is 2.25. The largest absolute Gasteiger partial charge is 0.384 e. The summed E-state index contributed by atoms with van der Waals surface area (Å²) in [4.78, 5) is 16.6. The Morgan fingerprint density at radius 2 is 2.30 bits per heavy atom. The van der Waals surface area contributed by atoms with Crippen LogP contribution in [0.4, 0.5) is 5.69 Å². The molecule has 0 radical (unpaired) electrons. The summed E-state index contributed by atoms with van der Waals surface area (Å²) in [6, 6.07) is 6.10. The number of carbonyl (C=O) groups excluding carboxylic acids is 1. The number of nitrogens with zero attached hydrogens (tertiary/aromatic N) is 3. The smallest absolute Gasteiger partial charge is 0.170 e. The maximum absolute atomic E-state index is 12.4. The molecule has 1 aromatic carbocycles. The summed E-state index contributed by atoms with van der Waals surface area (Å²) < 4.78 is 1.80. The molecule has 0 saturated heterocycles. The Bertz CT molecular complexity index is 645. The Balaban J connectivity index is 1.81. The average molecular weight is 270 g/mol. The van der Waals surface area contributed by atoms with Crippen LogP contribution >= 0.6 is 0 Å². The normalized spacial score (nSPS) is 13.3. The first kappa shape index (κ1) is 12.8. The summed E-state index contributed by atoms with van der Waals surface area (Å²) in [5.41, 5.74) is 3.10. The van der Waals surface area contributed by atoms with E-state index in [1.54, 1.807) is 4.68 Å². The van der Waals surface area contributed by atoms with Crippen LogP contribution in [0.5, 0.6) is 0 Å². The Labute approximate surface area is 118 Å². The van der Waals surface area contributed by atoms with Gasteiger partial charge in [0.2, 0.25) is 0 Å². The SMILES string of the molecule is CC(C)n1ncnc1CC(=O)c1ccc2c(c1)NCC2. The van der Waals surface area contributed by atoms with Crippen LogP contribution in [0, 0.1) is 0 Å². The van der Waals surface area contributed by atoms with Crippen molar-refractivity contribution in [1.29, 1.82) is 0 Å². The lowest BCUT2D eigenvalue weighted by Gasteiger charge is -2.09. The molecule has 5 nitrogen and oxygen atoms in total. The zero-order valence-corrected chi connectivity index (χ0v) is 11.8. The van der Waals surface area contributed by atoms with E-state index in [-0.39, 0.29) is 18.2 Å². The van der Waals surface area contributed by atoms with Crippen LogP contribution in [0.1, 0.15) is 41.6 Å². The maximum atomic E-state index is 12.4. The van der Waals surface area contributed by atoms with Crippen molar-refractivity contribution in [3.8, 4) is 0 Å². The lowest BCUT2D eigenvalue weighted by Crippen LogP contribution is -2.13. The second-order valence-corrected chi connectivity index (χ2v) is 5.36. The number of rotatable bonds is 4. The van der Waals surface area contributed by atoms with Gasteiger partial charge in [-0.05, 0) is 31.9 Å². The molecule has 0 spiro atoms. The molecule has 20 heavy (non-hydrogen) atoms.